The van der Waals surface area contributed by atoms with Gasteiger partial charge in [-0.15, -0.1) is 5.10 Å². The Hall–Kier alpha value is -2.45. The zero-order valence-electron chi connectivity index (χ0n) is 6.65. The Morgan fingerprint density at radius 3 is 2.93 bits per heavy atom. The highest BCUT2D eigenvalue weighted by Gasteiger charge is 2.14. The minimum absolute atomic E-state index is 0.0272. The molecule has 2 aromatic heterocycles. The number of primary amides is 1. The molecule has 0 aliphatic carbocycles. The van der Waals surface area contributed by atoms with E-state index in [9.17, 15) is 9.59 Å². The van der Waals surface area contributed by atoms with Crippen LogP contribution in [0.3, 0.4) is 0 Å². The van der Waals surface area contributed by atoms with Crippen molar-refractivity contribution < 1.29 is 10.0 Å². The summed E-state index contributed by atoms with van der Waals surface area (Å²) in [6, 6.07) is 0. The van der Waals surface area contributed by atoms with Crippen LogP contribution in [0.5, 0.6) is 0 Å². The minimum Gasteiger partial charge on any atom is -0.406 e. The number of carbonyl (C=O) groups excluding carboxylic acids is 1. The van der Waals surface area contributed by atoms with Crippen LogP contribution in [0.15, 0.2) is 11.1 Å². The topological polar surface area (TPSA) is 128 Å². The van der Waals surface area contributed by atoms with Crippen LogP contribution >= 0.6 is 0 Å². The SMILES string of the molecule is NC(=O)c1ncn2c(=O)n(O)nnc12. The number of fused-ring (bicyclic) bond motifs is 1. The number of nitrogens with zero attached hydrogens (tertiary/aromatic N) is 5. The van der Waals surface area contributed by atoms with Crippen molar-refractivity contribution in [2.24, 2.45) is 5.73 Å². The molecular formula is C5H4N6O3. The zero-order chi connectivity index (χ0) is 10.3. The first-order valence-electron chi connectivity index (χ1n) is 3.43. The first kappa shape index (κ1) is 8.16. The van der Waals surface area contributed by atoms with Gasteiger partial charge in [0.15, 0.2) is 11.3 Å². The molecule has 2 aromatic rings. The van der Waals surface area contributed by atoms with Crippen LogP contribution in [0, 0.1) is 0 Å². The van der Waals surface area contributed by atoms with E-state index >= 15 is 0 Å². The third-order valence-corrected chi connectivity index (χ3v) is 1.58. The molecule has 0 atom stereocenters. The molecule has 0 saturated heterocycles. The molecule has 0 fully saturated rings. The van der Waals surface area contributed by atoms with Crippen molar-refractivity contribution in [3.63, 3.8) is 0 Å². The van der Waals surface area contributed by atoms with Gasteiger partial charge in [-0.1, -0.05) is 0 Å². The van der Waals surface area contributed by atoms with Gasteiger partial charge >= 0.3 is 5.69 Å². The number of carbonyl (C=O) groups is 1. The number of rotatable bonds is 1. The molecule has 0 saturated carbocycles. The smallest absolute Gasteiger partial charge is 0.387 e. The standard InChI is InChI=1S/C5H4N6O3/c6-3(12)2-4-8-9-11(14)5(13)10(4)1-7-2/h1,14H,(H2,6,12). The second-order valence-corrected chi connectivity index (χ2v) is 2.41. The van der Waals surface area contributed by atoms with E-state index < -0.39 is 11.6 Å². The average molecular weight is 196 g/mol. The maximum atomic E-state index is 11.1. The second kappa shape index (κ2) is 2.52. The molecule has 9 nitrogen and oxygen atoms in total. The van der Waals surface area contributed by atoms with Gasteiger partial charge < -0.3 is 10.9 Å². The maximum absolute atomic E-state index is 11.1. The van der Waals surface area contributed by atoms with Gasteiger partial charge in [0.25, 0.3) is 5.91 Å². The minimum atomic E-state index is -0.880. The highest BCUT2D eigenvalue weighted by molar-refractivity contribution is 5.96. The molecule has 2 rings (SSSR count). The molecule has 1 amide bonds. The van der Waals surface area contributed by atoms with E-state index in [-0.39, 0.29) is 16.2 Å². The van der Waals surface area contributed by atoms with E-state index in [0.717, 1.165) is 10.7 Å². The predicted octanol–water partition coefficient (Wildman–Crippen LogP) is -2.38. The van der Waals surface area contributed by atoms with E-state index in [1.165, 1.54) is 0 Å². The van der Waals surface area contributed by atoms with Crippen LogP contribution < -0.4 is 11.4 Å². The van der Waals surface area contributed by atoms with E-state index in [1.54, 1.807) is 0 Å². The van der Waals surface area contributed by atoms with Crippen LogP contribution in [-0.2, 0) is 0 Å². The average Bonchev–Trinajstić information content (AvgIpc) is 2.55. The largest absolute Gasteiger partial charge is 0.406 e. The van der Waals surface area contributed by atoms with E-state index in [1.807, 2.05) is 0 Å². The van der Waals surface area contributed by atoms with Crippen LogP contribution in [0.25, 0.3) is 5.65 Å². The number of hydrogen-bond acceptors (Lipinski definition) is 6. The van der Waals surface area contributed by atoms with E-state index in [2.05, 4.69) is 15.3 Å². The maximum Gasteiger partial charge on any atom is 0.387 e. The van der Waals surface area contributed by atoms with Crippen molar-refractivity contribution in [1.82, 2.24) is 24.5 Å². The fraction of sp³-hybridized carbons (Fsp3) is 0. The summed E-state index contributed by atoms with van der Waals surface area (Å²) in [6.07, 6.45) is 1.03. The number of nitrogens with two attached hydrogens (primary N) is 1. The van der Waals surface area contributed by atoms with Gasteiger partial charge in [0.1, 0.15) is 6.33 Å². The fourth-order valence-corrected chi connectivity index (χ4v) is 0.971. The Labute approximate surface area is 75.4 Å². The van der Waals surface area contributed by atoms with Gasteiger partial charge in [-0.3, -0.25) is 4.79 Å². The lowest BCUT2D eigenvalue weighted by Crippen LogP contribution is -2.28. The Kier molecular flexibility index (Phi) is 1.47. The first-order chi connectivity index (χ1) is 6.61. The van der Waals surface area contributed by atoms with Gasteiger partial charge in [-0.05, 0) is 10.1 Å². The molecule has 72 valence electrons. The van der Waals surface area contributed by atoms with Crippen LogP contribution in [0.4, 0.5) is 0 Å². The monoisotopic (exact) mass is 196 g/mol. The third kappa shape index (κ3) is 0.920. The zero-order valence-corrected chi connectivity index (χ0v) is 6.65. The van der Waals surface area contributed by atoms with Gasteiger partial charge in [-0.25, -0.2) is 14.2 Å². The van der Waals surface area contributed by atoms with E-state index in [0.29, 0.717) is 0 Å². The predicted molar refractivity (Wildman–Crippen MR) is 40.7 cm³/mol. The van der Waals surface area contributed by atoms with Crippen molar-refractivity contribution in [1.29, 1.82) is 0 Å². The highest BCUT2D eigenvalue weighted by atomic mass is 16.5. The fourth-order valence-electron chi connectivity index (χ4n) is 0.971. The lowest BCUT2D eigenvalue weighted by Gasteiger charge is -1.93. The number of amides is 1. The third-order valence-electron chi connectivity index (χ3n) is 1.58. The molecule has 0 bridgehead atoms. The molecule has 0 aliphatic rings. The van der Waals surface area contributed by atoms with E-state index in [4.69, 9.17) is 10.9 Å². The summed E-state index contributed by atoms with van der Waals surface area (Å²) < 4.78 is 0.854. The molecule has 2 heterocycles. The van der Waals surface area contributed by atoms with Gasteiger partial charge in [0.05, 0.1) is 0 Å². The normalized spacial score (nSPS) is 10.6. The molecule has 0 spiro atoms. The molecule has 0 unspecified atom stereocenters. The quantitative estimate of drug-likeness (QED) is 0.490. The van der Waals surface area contributed by atoms with Crippen molar-refractivity contribution in [3.8, 4) is 0 Å². The van der Waals surface area contributed by atoms with Crippen molar-refractivity contribution >= 4 is 11.6 Å². The summed E-state index contributed by atoms with van der Waals surface area (Å²) in [4.78, 5) is 25.5. The molecule has 9 heteroatoms. The Morgan fingerprint density at radius 2 is 2.29 bits per heavy atom. The lowest BCUT2D eigenvalue weighted by molar-refractivity contribution is 0.0995. The Morgan fingerprint density at radius 1 is 1.57 bits per heavy atom. The van der Waals surface area contributed by atoms with Crippen LogP contribution in [0.2, 0.25) is 0 Å². The molecule has 0 radical (unpaired) electrons. The highest BCUT2D eigenvalue weighted by Crippen LogP contribution is 2.00. The summed E-state index contributed by atoms with van der Waals surface area (Å²) in [6.45, 7) is 0. The Bertz CT molecular complexity index is 568. The summed E-state index contributed by atoms with van der Waals surface area (Å²) >= 11 is 0. The van der Waals surface area contributed by atoms with Crippen LogP contribution in [0.1, 0.15) is 10.5 Å². The van der Waals surface area contributed by atoms with Gasteiger partial charge in [0.2, 0.25) is 0 Å². The summed E-state index contributed by atoms with van der Waals surface area (Å²) in [5, 5.41) is 15.3. The van der Waals surface area contributed by atoms with Crippen molar-refractivity contribution in [3.05, 3.63) is 22.5 Å². The first-order valence-corrected chi connectivity index (χ1v) is 3.43. The number of aromatic nitrogens is 5. The van der Waals surface area contributed by atoms with Crippen molar-refractivity contribution in [2.45, 2.75) is 0 Å². The summed E-state index contributed by atoms with van der Waals surface area (Å²) in [5.74, 6) is -0.822. The van der Waals surface area contributed by atoms with Gasteiger partial charge in [0, 0.05) is 0 Å². The molecule has 3 N–H and O–H groups in total. The number of hydrogen-bond donors (Lipinski definition) is 2. The summed E-state index contributed by atoms with van der Waals surface area (Å²) in [7, 11) is 0. The molecular weight excluding hydrogens is 192 g/mol. The van der Waals surface area contributed by atoms with Crippen LogP contribution in [-0.4, -0.2) is 35.7 Å². The van der Waals surface area contributed by atoms with Gasteiger partial charge in [-0.2, -0.15) is 0 Å². The Balaban J connectivity index is 2.91. The van der Waals surface area contributed by atoms with Crippen molar-refractivity contribution in [2.75, 3.05) is 0 Å². The molecule has 0 aliphatic heterocycles. The molecule has 14 heavy (non-hydrogen) atoms. The molecule has 0 aromatic carbocycles. The summed E-state index contributed by atoms with van der Waals surface area (Å²) in [5.41, 5.74) is 3.82. The lowest BCUT2D eigenvalue weighted by atomic mass is 10.4. The second-order valence-electron chi connectivity index (χ2n) is 2.41. The number of imidazole rings is 1.